The summed E-state index contributed by atoms with van der Waals surface area (Å²) in [5.74, 6) is -1.00. The maximum Gasteiger partial charge on any atom is 0.586 e. The van der Waals surface area contributed by atoms with Crippen molar-refractivity contribution in [1.82, 2.24) is 4.98 Å². The second-order valence-corrected chi connectivity index (χ2v) is 19.4. The van der Waals surface area contributed by atoms with E-state index < -0.39 is 20.4 Å². The van der Waals surface area contributed by atoms with E-state index in [2.05, 4.69) is 48.9 Å². The summed E-state index contributed by atoms with van der Waals surface area (Å²) < 4.78 is 59.4. The third-order valence-corrected chi connectivity index (χ3v) is 14.8. The highest BCUT2D eigenvalue weighted by Crippen LogP contribution is 2.51. The zero-order valence-electron chi connectivity index (χ0n) is 25.2. The van der Waals surface area contributed by atoms with Gasteiger partial charge in [0.2, 0.25) is 5.91 Å². The van der Waals surface area contributed by atoms with E-state index in [1.54, 1.807) is 12.3 Å². The molecular weight excluding hydrogens is 631 g/mol. The number of carbonyl (C=O) groups is 1. The van der Waals surface area contributed by atoms with Crippen LogP contribution in [0.15, 0.2) is 30.5 Å². The topological polar surface area (TPSA) is 72.9 Å². The van der Waals surface area contributed by atoms with Crippen LogP contribution in [-0.2, 0) is 15.6 Å². The smallest absolute Gasteiger partial charge is 0.412 e. The molecule has 3 aromatic rings. The molecule has 0 radical (unpaired) electrons. The number of hydrogen-bond acceptors (Lipinski definition) is 7. The van der Waals surface area contributed by atoms with Gasteiger partial charge in [-0.3, -0.25) is 4.79 Å². The predicted molar refractivity (Wildman–Crippen MR) is 168 cm³/mol. The average Bonchev–Trinajstić information content (AvgIpc) is 3.38. The Morgan fingerprint density at radius 3 is 2.66 bits per heavy atom. The molecule has 1 saturated carbocycles. The Hall–Kier alpha value is -2.80. The second kappa shape index (κ2) is 11.2. The van der Waals surface area contributed by atoms with Crippen LogP contribution in [0.4, 0.5) is 24.5 Å². The first-order valence-electron chi connectivity index (χ1n) is 14.7. The van der Waals surface area contributed by atoms with Crippen molar-refractivity contribution in [3.05, 3.63) is 51.7 Å². The molecule has 1 N–H and O–H groups in total. The molecule has 13 heteroatoms. The molecule has 1 saturated heterocycles. The number of benzene rings is 2. The zero-order chi connectivity index (χ0) is 31.6. The highest BCUT2D eigenvalue weighted by atomic mass is 35.5. The molecule has 1 aliphatic carbocycles. The highest BCUT2D eigenvalue weighted by Gasteiger charge is 2.46. The molecule has 1 aromatic heterocycles. The van der Waals surface area contributed by atoms with E-state index in [9.17, 15) is 13.6 Å². The van der Waals surface area contributed by atoms with E-state index in [4.69, 9.17) is 20.8 Å². The fourth-order valence-electron chi connectivity index (χ4n) is 5.23. The third kappa shape index (κ3) is 6.18. The number of rotatable bonds is 8. The Morgan fingerprint density at radius 2 is 1.95 bits per heavy atom. The number of carbonyl (C=O) groups excluding carboxylic acids is 1. The predicted octanol–water partition coefficient (Wildman–Crippen LogP) is 8.46. The molecule has 3 aliphatic rings. The van der Waals surface area contributed by atoms with Crippen molar-refractivity contribution in [1.29, 1.82) is 0 Å². The molecule has 2 fully saturated rings. The Balaban J connectivity index is 1.24. The maximum absolute atomic E-state index is 15.2. The quantitative estimate of drug-likeness (QED) is 0.244. The largest absolute Gasteiger partial charge is 0.586 e. The monoisotopic (exact) mass is 665 g/mol. The van der Waals surface area contributed by atoms with E-state index in [1.807, 2.05) is 4.90 Å². The van der Waals surface area contributed by atoms with Gasteiger partial charge in [0.15, 0.2) is 19.8 Å². The van der Waals surface area contributed by atoms with Crippen LogP contribution in [0.3, 0.4) is 0 Å². The van der Waals surface area contributed by atoms with Crippen LogP contribution in [0, 0.1) is 11.7 Å². The van der Waals surface area contributed by atoms with Crippen LogP contribution in [0.5, 0.6) is 11.5 Å². The summed E-state index contributed by atoms with van der Waals surface area (Å²) in [6.07, 6.45) is 0.488. The van der Waals surface area contributed by atoms with Crippen molar-refractivity contribution in [2.45, 2.75) is 77.0 Å². The van der Waals surface area contributed by atoms with Gasteiger partial charge in [-0.1, -0.05) is 38.4 Å². The summed E-state index contributed by atoms with van der Waals surface area (Å²) in [6.45, 7) is 12.2. The lowest BCUT2D eigenvalue weighted by Crippen LogP contribution is -2.44. The molecule has 236 valence electrons. The lowest BCUT2D eigenvalue weighted by atomic mass is 10.1. The van der Waals surface area contributed by atoms with Crippen LogP contribution in [0.1, 0.15) is 50.5 Å². The van der Waals surface area contributed by atoms with Crippen LogP contribution in [0.2, 0.25) is 23.2 Å². The van der Waals surface area contributed by atoms with Gasteiger partial charge in [-0.05, 0) is 61.2 Å². The number of ether oxygens (including phenoxy) is 2. The Kier molecular flexibility index (Phi) is 7.95. The summed E-state index contributed by atoms with van der Waals surface area (Å²) in [5.41, 5.74) is 1.60. The number of fused-ring (bicyclic) bond motifs is 1. The molecule has 1 amide bonds. The van der Waals surface area contributed by atoms with Crippen LogP contribution in [-0.4, -0.2) is 44.7 Å². The molecule has 44 heavy (non-hydrogen) atoms. The van der Waals surface area contributed by atoms with Gasteiger partial charge in [0, 0.05) is 36.5 Å². The van der Waals surface area contributed by atoms with E-state index in [0.29, 0.717) is 46.5 Å². The number of thiazole rings is 1. The molecule has 0 bridgehead atoms. The summed E-state index contributed by atoms with van der Waals surface area (Å²) in [5, 5.41) is 3.60. The fraction of sp³-hybridized carbons (Fsp3) is 0.484. The molecule has 2 aliphatic heterocycles. The standard InChI is InChI=1S/C31H35ClF3N3O4SSi/c1-30(2,3)44(4,5)42-19-12-13-38(16-19)26-21(33)9-8-18(25(26)32)14-20-15-36-29(43-20)24-22(37-28(39)17-6-7-17)10-11-23-27(24)41-31(34,35)40-23/h8-11,15,17,19H,6-7,12-14,16H2,1-5H3,(H,37,39)/t19-/m1/s1. The number of nitrogens with one attached hydrogen (secondary N) is 1. The number of anilines is 2. The van der Waals surface area contributed by atoms with Crippen LogP contribution >= 0.6 is 22.9 Å². The van der Waals surface area contributed by atoms with Gasteiger partial charge in [0.25, 0.3) is 0 Å². The lowest BCUT2D eigenvalue weighted by Gasteiger charge is -2.38. The van der Waals surface area contributed by atoms with Crippen LogP contribution in [0.25, 0.3) is 10.6 Å². The number of halogens is 4. The van der Waals surface area contributed by atoms with Crippen molar-refractivity contribution in [2.24, 2.45) is 5.92 Å². The molecular formula is C31H35ClF3N3O4SSi. The molecule has 3 heterocycles. The third-order valence-electron chi connectivity index (χ3n) is 8.78. The second-order valence-electron chi connectivity index (χ2n) is 13.2. The molecule has 6 rings (SSSR count). The van der Waals surface area contributed by atoms with E-state index >= 15 is 4.39 Å². The first kappa shape index (κ1) is 31.2. The first-order chi connectivity index (χ1) is 20.6. The van der Waals surface area contributed by atoms with Gasteiger partial charge in [0.1, 0.15) is 10.8 Å². The van der Waals surface area contributed by atoms with E-state index in [0.717, 1.165) is 24.1 Å². The summed E-state index contributed by atoms with van der Waals surface area (Å²) in [7, 11) is -1.99. The van der Waals surface area contributed by atoms with Crippen molar-refractivity contribution < 1.29 is 31.9 Å². The zero-order valence-corrected chi connectivity index (χ0v) is 27.8. The summed E-state index contributed by atoms with van der Waals surface area (Å²) in [4.78, 5) is 19.8. The summed E-state index contributed by atoms with van der Waals surface area (Å²) in [6, 6.07) is 5.93. The minimum atomic E-state index is -3.83. The van der Waals surface area contributed by atoms with Gasteiger partial charge in [-0.25, -0.2) is 9.37 Å². The fourth-order valence-corrected chi connectivity index (χ4v) is 7.94. The average molecular weight is 666 g/mol. The lowest BCUT2D eigenvalue weighted by molar-refractivity contribution is -0.286. The van der Waals surface area contributed by atoms with Crippen molar-refractivity contribution >= 4 is 48.5 Å². The SMILES string of the molecule is CC(C)(C)[Si](C)(C)O[C@@H]1CCN(c2c(F)ccc(Cc3cnc(-c4c(NC(=O)C5CC5)ccc5c4OC(F)(F)O5)s3)c2Cl)C1. The Morgan fingerprint density at radius 1 is 1.20 bits per heavy atom. The van der Waals surface area contributed by atoms with Gasteiger partial charge in [-0.15, -0.1) is 20.1 Å². The van der Waals surface area contributed by atoms with E-state index in [-0.39, 0.29) is 40.0 Å². The maximum atomic E-state index is 15.2. The van der Waals surface area contributed by atoms with Crippen molar-refractivity contribution in [2.75, 3.05) is 23.3 Å². The Labute approximate surface area is 264 Å². The van der Waals surface area contributed by atoms with Gasteiger partial charge < -0.3 is 24.1 Å². The molecule has 0 spiro atoms. The minimum Gasteiger partial charge on any atom is -0.412 e. The van der Waals surface area contributed by atoms with E-state index in [1.165, 1.54) is 29.5 Å². The molecule has 7 nitrogen and oxygen atoms in total. The molecule has 0 unspecified atom stereocenters. The Bertz CT molecular complexity index is 1610. The van der Waals surface area contributed by atoms with Gasteiger partial charge in [0.05, 0.1) is 28.1 Å². The number of aromatic nitrogens is 1. The van der Waals surface area contributed by atoms with Gasteiger partial charge in [-0.2, -0.15) is 0 Å². The van der Waals surface area contributed by atoms with Gasteiger partial charge >= 0.3 is 6.29 Å². The number of nitrogens with zero attached hydrogens (tertiary/aromatic N) is 2. The number of alkyl halides is 2. The van der Waals surface area contributed by atoms with Crippen LogP contribution < -0.4 is 19.7 Å². The molecule has 2 aromatic carbocycles. The molecule has 1 atom stereocenters. The number of hydrogen-bond donors (Lipinski definition) is 1. The normalized spacial score (nSPS) is 19.5. The first-order valence-corrected chi connectivity index (χ1v) is 18.8. The summed E-state index contributed by atoms with van der Waals surface area (Å²) >= 11 is 8.10. The minimum absolute atomic E-state index is 0.000142. The van der Waals surface area contributed by atoms with Crippen molar-refractivity contribution in [3.63, 3.8) is 0 Å². The van der Waals surface area contributed by atoms with Crippen molar-refractivity contribution in [3.8, 4) is 22.1 Å². The highest BCUT2D eigenvalue weighted by molar-refractivity contribution is 7.15. The number of amides is 1.